The third-order valence-corrected chi connectivity index (χ3v) is 6.14. The van der Waals surface area contributed by atoms with Crippen molar-refractivity contribution in [1.29, 1.82) is 0 Å². The Labute approximate surface area is 178 Å². The zero-order chi connectivity index (χ0) is 21.6. The van der Waals surface area contributed by atoms with Gasteiger partial charge in [-0.2, -0.15) is 5.10 Å². The fourth-order valence-electron chi connectivity index (χ4n) is 4.42. The number of nitrogens with one attached hydrogen (secondary N) is 1. The van der Waals surface area contributed by atoms with Gasteiger partial charge in [0.05, 0.1) is 5.69 Å². The molecule has 2 amide bonds. The van der Waals surface area contributed by atoms with Crippen LogP contribution >= 0.6 is 0 Å². The van der Waals surface area contributed by atoms with Crippen LogP contribution in [0.2, 0.25) is 0 Å². The molecule has 1 aliphatic carbocycles. The first-order chi connectivity index (χ1) is 14.1. The molecular weight excluding hydrogens is 378 g/mol. The normalized spacial score (nSPS) is 19.5. The van der Waals surface area contributed by atoms with E-state index in [1.54, 1.807) is 0 Å². The third kappa shape index (κ3) is 4.35. The van der Waals surface area contributed by atoms with E-state index in [1.165, 1.54) is 0 Å². The van der Waals surface area contributed by atoms with Gasteiger partial charge < -0.3 is 10.2 Å². The molecule has 2 aliphatic rings. The molecular formula is C23H33N5O2. The van der Waals surface area contributed by atoms with E-state index in [-0.39, 0.29) is 23.3 Å². The van der Waals surface area contributed by atoms with Crippen molar-refractivity contribution >= 4 is 17.5 Å². The van der Waals surface area contributed by atoms with Crippen LogP contribution in [0.1, 0.15) is 75.0 Å². The van der Waals surface area contributed by atoms with Gasteiger partial charge in [-0.15, -0.1) is 0 Å². The van der Waals surface area contributed by atoms with Gasteiger partial charge in [0.25, 0.3) is 0 Å². The van der Waals surface area contributed by atoms with E-state index >= 15 is 0 Å². The number of aromatic nitrogens is 3. The van der Waals surface area contributed by atoms with Crippen molar-refractivity contribution in [3.63, 3.8) is 0 Å². The predicted molar refractivity (Wildman–Crippen MR) is 115 cm³/mol. The first kappa shape index (κ1) is 20.8. The Hall–Kier alpha value is -2.44. The summed E-state index contributed by atoms with van der Waals surface area (Å²) >= 11 is 0. The third-order valence-electron chi connectivity index (χ3n) is 6.14. The van der Waals surface area contributed by atoms with Gasteiger partial charge in [0.2, 0.25) is 11.8 Å². The minimum Gasteiger partial charge on any atom is -0.351 e. The summed E-state index contributed by atoms with van der Waals surface area (Å²) in [6.07, 6.45) is 4.13. The van der Waals surface area contributed by atoms with E-state index in [4.69, 9.17) is 10.1 Å². The highest BCUT2D eigenvalue weighted by Gasteiger charge is 2.37. The van der Waals surface area contributed by atoms with Crippen LogP contribution in [-0.2, 0) is 16.0 Å². The molecule has 1 saturated carbocycles. The van der Waals surface area contributed by atoms with Gasteiger partial charge in [-0.05, 0) is 65.9 Å². The van der Waals surface area contributed by atoms with E-state index in [2.05, 4.69) is 11.4 Å². The SMILES string of the molecule is Cc1nc2cc([C@@H]3CCN(C(=O)C4CC4)C3)nn2c(C)c1CCC(=O)NC(C)(C)C. The molecule has 30 heavy (non-hydrogen) atoms. The largest absolute Gasteiger partial charge is 0.351 e. The van der Waals surface area contributed by atoms with Gasteiger partial charge in [0.1, 0.15) is 0 Å². The van der Waals surface area contributed by atoms with Gasteiger partial charge >= 0.3 is 0 Å². The molecule has 0 aromatic carbocycles. The second-order valence-electron chi connectivity index (χ2n) is 9.94. The number of rotatable bonds is 5. The summed E-state index contributed by atoms with van der Waals surface area (Å²) in [7, 11) is 0. The summed E-state index contributed by atoms with van der Waals surface area (Å²) < 4.78 is 1.91. The number of nitrogens with zero attached hydrogens (tertiary/aromatic N) is 4. The van der Waals surface area contributed by atoms with E-state index in [0.717, 1.165) is 60.6 Å². The fraction of sp³-hybridized carbons (Fsp3) is 0.652. The minimum absolute atomic E-state index is 0.0499. The number of amides is 2. The number of hydrogen-bond donors (Lipinski definition) is 1. The van der Waals surface area contributed by atoms with Crippen LogP contribution in [-0.4, -0.2) is 49.9 Å². The average Bonchev–Trinajstić information content (AvgIpc) is 3.21. The van der Waals surface area contributed by atoms with Crippen LogP contribution in [0.15, 0.2) is 6.07 Å². The quantitative estimate of drug-likeness (QED) is 0.820. The summed E-state index contributed by atoms with van der Waals surface area (Å²) in [5.74, 6) is 0.917. The van der Waals surface area contributed by atoms with Crippen molar-refractivity contribution < 1.29 is 9.59 Å². The molecule has 7 nitrogen and oxygen atoms in total. The molecule has 1 atom stereocenters. The smallest absolute Gasteiger partial charge is 0.225 e. The lowest BCUT2D eigenvalue weighted by Gasteiger charge is -2.20. The topological polar surface area (TPSA) is 79.6 Å². The number of hydrogen-bond acceptors (Lipinski definition) is 4. The first-order valence-corrected chi connectivity index (χ1v) is 11.1. The summed E-state index contributed by atoms with van der Waals surface area (Å²) in [6, 6.07) is 2.06. The molecule has 0 bridgehead atoms. The highest BCUT2D eigenvalue weighted by Crippen LogP contribution is 2.35. The van der Waals surface area contributed by atoms with Crippen molar-refractivity contribution in [1.82, 2.24) is 24.8 Å². The lowest BCUT2D eigenvalue weighted by Crippen LogP contribution is -2.40. The standard InChI is InChI=1S/C23H33N5O2/c1-14-18(8-9-21(29)25-23(3,4)5)15(2)28-20(24-14)12-19(26-28)17-10-11-27(13-17)22(30)16-6-7-16/h12,16-17H,6-11,13H2,1-5H3,(H,25,29)/t17-/m1/s1. The lowest BCUT2D eigenvalue weighted by molar-refractivity contribution is -0.131. The molecule has 0 spiro atoms. The molecule has 2 aromatic heterocycles. The second kappa shape index (κ2) is 7.67. The first-order valence-electron chi connectivity index (χ1n) is 11.1. The van der Waals surface area contributed by atoms with Crippen LogP contribution < -0.4 is 5.32 Å². The average molecular weight is 412 g/mol. The van der Waals surface area contributed by atoms with Gasteiger partial charge in [0.15, 0.2) is 5.65 Å². The van der Waals surface area contributed by atoms with Crippen molar-refractivity contribution in [3.8, 4) is 0 Å². The monoisotopic (exact) mass is 411 g/mol. The Kier molecular flexibility index (Phi) is 5.32. The highest BCUT2D eigenvalue weighted by molar-refractivity contribution is 5.81. The second-order valence-corrected chi connectivity index (χ2v) is 9.94. The van der Waals surface area contributed by atoms with Gasteiger partial charge in [0, 0.05) is 54.3 Å². The molecule has 4 rings (SSSR count). The Morgan fingerprint density at radius 3 is 2.60 bits per heavy atom. The Morgan fingerprint density at radius 1 is 1.20 bits per heavy atom. The zero-order valence-corrected chi connectivity index (χ0v) is 18.8. The highest BCUT2D eigenvalue weighted by atomic mass is 16.2. The molecule has 162 valence electrons. The van der Waals surface area contributed by atoms with Crippen LogP contribution in [0, 0.1) is 19.8 Å². The maximum absolute atomic E-state index is 12.4. The maximum atomic E-state index is 12.4. The molecule has 1 aliphatic heterocycles. The molecule has 1 saturated heterocycles. The molecule has 0 radical (unpaired) electrons. The van der Waals surface area contributed by atoms with Crippen molar-refractivity contribution in [2.24, 2.45) is 5.92 Å². The summed E-state index contributed by atoms with van der Waals surface area (Å²) in [6.45, 7) is 11.6. The molecule has 1 N–H and O–H groups in total. The number of carbonyl (C=O) groups excluding carboxylic acids is 2. The zero-order valence-electron chi connectivity index (χ0n) is 18.8. The lowest BCUT2D eigenvalue weighted by atomic mass is 10.0. The minimum atomic E-state index is -0.226. The molecule has 0 unspecified atom stereocenters. The van der Waals surface area contributed by atoms with E-state index in [1.807, 2.05) is 44.0 Å². The Morgan fingerprint density at radius 2 is 1.93 bits per heavy atom. The molecule has 2 aromatic rings. The fourth-order valence-corrected chi connectivity index (χ4v) is 4.42. The van der Waals surface area contributed by atoms with Crippen LogP contribution in [0.3, 0.4) is 0 Å². The number of aryl methyl sites for hydroxylation is 2. The van der Waals surface area contributed by atoms with Crippen molar-refractivity contribution in [3.05, 3.63) is 28.7 Å². The summed E-state index contributed by atoms with van der Waals surface area (Å²) in [5, 5.41) is 7.87. The summed E-state index contributed by atoms with van der Waals surface area (Å²) in [5.41, 5.74) is 4.70. The molecule has 7 heteroatoms. The predicted octanol–water partition coefficient (Wildman–Crippen LogP) is 2.92. The van der Waals surface area contributed by atoms with Crippen molar-refractivity contribution in [2.75, 3.05) is 13.1 Å². The number of fused-ring (bicyclic) bond motifs is 1. The van der Waals surface area contributed by atoms with Gasteiger partial charge in [-0.1, -0.05) is 0 Å². The van der Waals surface area contributed by atoms with Gasteiger partial charge in [-0.3, -0.25) is 9.59 Å². The number of carbonyl (C=O) groups is 2. The maximum Gasteiger partial charge on any atom is 0.225 e. The van der Waals surface area contributed by atoms with Gasteiger partial charge in [-0.25, -0.2) is 9.50 Å². The van der Waals surface area contributed by atoms with Crippen molar-refractivity contribution in [2.45, 2.75) is 78.2 Å². The van der Waals surface area contributed by atoms with Crippen LogP contribution in [0.4, 0.5) is 0 Å². The Balaban J connectivity index is 1.50. The van der Waals surface area contributed by atoms with E-state index in [9.17, 15) is 9.59 Å². The van der Waals surface area contributed by atoms with E-state index in [0.29, 0.717) is 18.7 Å². The van der Waals surface area contributed by atoms with Crippen LogP contribution in [0.25, 0.3) is 5.65 Å². The summed E-state index contributed by atoms with van der Waals surface area (Å²) in [4.78, 5) is 31.4. The van der Waals surface area contributed by atoms with Crippen LogP contribution in [0.5, 0.6) is 0 Å². The van der Waals surface area contributed by atoms with E-state index < -0.39 is 0 Å². The number of likely N-dealkylation sites (tertiary alicyclic amines) is 1. The Bertz CT molecular complexity index is 984. The molecule has 2 fully saturated rings. The molecule has 3 heterocycles.